The molecule has 1 aromatic carbocycles. The van der Waals surface area contributed by atoms with Crippen LogP contribution in [0.4, 0.5) is 0 Å². The van der Waals surface area contributed by atoms with Crippen LogP contribution in [-0.4, -0.2) is 21.2 Å². The van der Waals surface area contributed by atoms with Gasteiger partial charge in [-0.3, -0.25) is 10.1 Å². The molecule has 0 amide bonds. The molecule has 19 heavy (non-hydrogen) atoms. The molecule has 3 aromatic rings. The van der Waals surface area contributed by atoms with Crippen LogP contribution in [0.2, 0.25) is 5.02 Å². The molecule has 0 radical (unpaired) electrons. The number of H-pyrrole nitrogens is 1. The van der Waals surface area contributed by atoms with Crippen molar-refractivity contribution >= 4 is 28.5 Å². The minimum Gasteiger partial charge on any atom is -0.423 e. The number of nitrogens with zero attached hydrogens (tertiary/aromatic N) is 2. The standard InChI is InChI=1S/C13H8ClN3O2/c14-8-1-3-9(4-2-8)19-13(18)11-5-15-7-12-10(11)6-16-17-12/h1-7H,(H,16,17). The zero-order valence-electron chi connectivity index (χ0n) is 9.63. The van der Waals surface area contributed by atoms with Crippen molar-refractivity contribution in [2.75, 3.05) is 0 Å². The van der Waals surface area contributed by atoms with Crippen LogP contribution in [0.1, 0.15) is 10.4 Å². The van der Waals surface area contributed by atoms with Gasteiger partial charge in [-0.25, -0.2) is 4.79 Å². The topological polar surface area (TPSA) is 67.9 Å². The van der Waals surface area contributed by atoms with Crippen LogP contribution in [0.15, 0.2) is 42.9 Å². The van der Waals surface area contributed by atoms with Gasteiger partial charge in [0, 0.05) is 16.6 Å². The average molecular weight is 274 g/mol. The summed E-state index contributed by atoms with van der Waals surface area (Å²) in [6, 6.07) is 6.56. The van der Waals surface area contributed by atoms with E-state index in [0.717, 1.165) is 0 Å². The molecule has 0 aliphatic rings. The molecule has 0 saturated heterocycles. The van der Waals surface area contributed by atoms with Crippen LogP contribution in [0.5, 0.6) is 5.75 Å². The van der Waals surface area contributed by atoms with E-state index in [9.17, 15) is 4.79 Å². The molecule has 0 atom stereocenters. The molecule has 0 fully saturated rings. The highest BCUT2D eigenvalue weighted by atomic mass is 35.5. The third-order valence-corrected chi connectivity index (χ3v) is 2.86. The highest BCUT2D eigenvalue weighted by Crippen LogP contribution is 2.19. The molecule has 5 nitrogen and oxygen atoms in total. The minimum absolute atomic E-state index is 0.362. The van der Waals surface area contributed by atoms with E-state index >= 15 is 0 Å². The Hall–Kier alpha value is -2.40. The Bertz CT molecular complexity index is 737. The van der Waals surface area contributed by atoms with Crippen LogP contribution in [0.3, 0.4) is 0 Å². The molecule has 0 spiro atoms. The molecule has 0 bridgehead atoms. The largest absolute Gasteiger partial charge is 0.423 e. The molecule has 94 valence electrons. The normalized spacial score (nSPS) is 10.6. The Labute approximate surface area is 113 Å². The Balaban J connectivity index is 1.92. The Kier molecular flexibility index (Phi) is 2.89. The first kappa shape index (κ1) is 11.7. The van der Waals surface area contributed by atoms with Gasteiger partial charge < -0.3 is 4.74 Å². The molecule has 3 rings (SSSR count). The number of rotatable bonds is 2. The quantitative estimate of drug-likeness (QED) is 0.576. The Morgan fingerprint density at radius 1 is 1.16 bits per heavy atom. The number of fused-ring (bicyclic) bond motifs is 1. The highest BCUT2D eigenvalue weighted by Gasteiger charge is 2.14. The van der Waals surface area contributed by atoms with E-state index in [1.165, 1.54) is 6.20 Å². The summed E-state index contributed by atoms with van der Waals surface area (Å²) in [5.74, 6) is -0.0586. The van der Waals surface area contributed by atoms with E-state index in [0.29, 0.717) is 27.2 Å². The predicted molar refractivity (Wildman–Crippen MR) is 70.3 cm³/mol. The van der Waals surface area contributed by atoms with Crippen molar-refractivity contribution in [1.82, 2.24) is 15.2 Å². The number of aromatic amines is 1. The molecule has 0 aliphatic heterocycles. The van der Waals surface area contributed by atoms with Crippen LogP contribution in [0.25, 0.3) is 10.9 Å². The number of benzene rings is 1. The number of pyridine rings is 1. The summed E-state index contributed by atoms with van der Waals surface area (Å²) in [4.78, 5) is 16.0. The number of nitrogens with one attached hydrogen (secondary N) is 1. The lowest BCUT2D eigenvalue weighted by atomic mass is 10.2. The Morgan fingerprint density at radius 3 is 2.74 bits per heavy atom. The van der Waals surface area contributed by atoms with Crippen molar-refractivity contribution in [3.05, 3.63) is 53.4 Å². The number of carbonyl (C=O) groups excluding carboxylic acids is 1. The molecule has 2 heterocycles. The number of hydrogen-bond donors (Lipinski definition) is 1. The van der Waals surface area contributed by atoms with Gasteiger partial charge in [0.15, 0.2) is 0 Å². The maximum atomic E-state index is 12.1. The van der Waals surface area contributed by atoms with Crippen molar-refractivity contribution in [2.45, 2.75) is 0 Å². The number of carbonyl (C=O) groups is 1. The predicted octanol–water partition coefficient (Wildman–Crippen LogP) is 2.83. The monoisotopic (exact) mass is 273 g/mol. The van der Waals surface area contributed by atoms with Crippen LogP contribution in [0, 0.1) is 0 Å². The van der Waals surface area contributed by atoms with Gasteiger partial charge in [-0.05, 0) is 24.3 Å². The van der Waals surface area contributed by atoms with E-state index in [4.69, 9.17) is 16.3 Å². The zero-order chi connectivity index (χ0) is 13.2. The first-order valence-electron chi connectivity index (χ1n) is 5.49. The molecular weight excluding hydrogens is 266 g/mol. The molecule has 0 aliphatic carbocycles. The van der Waals surface area contributed by atoms with Crippen LogP contribution in [-0.2, 0) is 0 Å². The van der Waals surface area contributed by atoms with Crippen LogP contribution < -0.4 is 4.74 Å². The number of hydrogen-bond acceptors (Lipinski definition) is 4. The van der Waals surface area contributed by atoms with Gasteiger partial charge in [-0.15, -0.1) is 0 Å². The fourth-order valence-electron chi connectivity index (χ4n) is 1.69. The fourth-order valence-corrected chi connectivity index (χ4v) is 1.82. The summed E-state index contributed by atoms with van der Waals surface area (Å²) in [5.41, 5.74) is 1.05. The van der Waals surface area contributed by atoms with E-state index in [-0.39, 0.29) is 0 Å². The highest BCUT2D eigenvalue weighted by molar-refractivity contribution is 6.30. The molecule has 0 saturated carbocycles. The average Bonchev–Trinajstić information content (AvgIpc) is 2.89. The summed E-state index contributed by atoms with van der Waals surface area (Å²) >= 11 is 5.77. The number of halogens is 1. The van der Waals surface area contributed by atoms with Crippen molar-refractivity contribution in [3.63, 3.8) is 0 Å². The van der Waals surface area contributed by atoms with E-state index in [1.54, 1.807) is 36.7 Å². The van der Waals surface area contributed by atoms with Crippen molar-refractivity contribution in [3.8, 4) is 5.75 Å². The van der Waals surface area contributed by atoms with Gasteiger partial charge in [-0.2, -0.15) is 5.10 Å². The van der Waals surface area contributed by atoms with Crippen molar-refractivity contribution < 1.29 is 9.53 Å². The maximum Gasteiger partial charge on any atom is 0.345 e. The van der Waals surface area contributed by atoms with E-state index < -0.39 is 5.97 Å². The third-order valence-electron chi connectivity index (χ3n) is 2.61. The second-order valence-corrected chi connectivity index (χ2v) is 4.30. The first-order valence-corrected chi connectivity index (χ1v) is 5.86. The zero-order valence-corrected chi connectivity index (χ0v) is 10.4. The summed E-state index contributed by atoms with van der Waals surface area (Å²) in [7, 11) is 0. The lowest BCUT2D eigenvalue weighted by Crippen LogP contribution is -2.09. The van der Waals surface area contributed by atoms with Crippen molar-refractivity contribution in [2.24, 2.45) is 0 Å². The van der Waals surface area contributed by atoms with E-state index in [2.05, 4.69) is 15.2 Å². The molecule has 2 aromatic heterocycles. The summed E-state index contributed by atoms with van der Waals surface area (Å²) in [5, 5.41) is 7.88. The number of esters is 1. The van der Waals surface area contributed by atoms with Gasteiger partial charge in [0.1, 0.15) is 5.75 Å². The van der Waals surface area contributed by atoms with Gasteiger partial charge in [0.25, 0.3) is 0 Å². The van der Waals surface area contributed by atoms with Gasteiger partial charge in [0.2, 0.25) is 0 Å². The van der Waals surface area contributed by atoms with E-state index in [1.807, 2.05) is 0 Å². The summed E-state index contributed by atoms with van der Waals surface area (Å²) in [6.07, 6.45) is 4.62. The SMILES string of the molecule is O=C(Oc1ccc(Cl)cc1)c1cncc2[nH]ncc12. The molecule has 0 unspecified atom stereocenters. The Morgan fingerprint density at radius 2 is 1.95 bits per heavy atom. The number of ether oxygens (including phenoxy) is 1. The van der Waals surface area contributed by atoms with Crippen LogP contribution >= 0.6 is 11.6 Å². The molecule has 1 N–H and O–H groups in total. The van der Waals surface area contributed by atoms with Crippen molar-refractivity contribution in [1.29, 1.82) is 0 Å². The number of aromatic nitrogens is 3. The first-order chi connectivity index (χ1) is 9.24. The summed E-state index contributed by atoms with van der Waals surface area (Å²) in [6.45, 7) is 0. The molecular formula is C13H8ClN3O2. The molecule has 6 heteroatoms. The van der Waals surface area contributed by atoms with Gasteiger partial charge >= 0.3 is 5.97 Å². The van der Waals surface area contributed by atoms with Gasteiger partial charge in [0.05, 0.1) is 23.5 Å². The second kappa shape index (κ2) is 4.70. The lowest BCUT2D eigenvalue weighted by Gasteiger charge is -2.04. The summed E-state index contributed by atoms with van der Waals surface area (Å²) < 4.78 is 5.25. The third kappa shape index (κ3) is 2.28. The fraction of sp³-hybridized carbons (Fsp3) is 0. The van der Waals surface area contributed by atoms with Gasteiger partial charge in [-0.1, -0.05) is 11.6 Å². The second-order valence-electron chi connectivity index (χ2n) is 3.86. The lowest BCUT2D eigenvalue weighted by molar-refractivity contribution is 0.0736. The minimum atomic E-state index is -0.484. The maximum absolute atomic E-state index is 12.1. The smallest absolute Gasteiger partial charge is 0.345 e.